The molecule has 1 N–H and O–H groups in total. The number of hydrogen-bond donors (Lipinski definition) is 1. The zero-order valence-electron chi connectivity index (χ0n) is 7.22. The molecule has 1 aromatic carbocycles. The molecule has 0 heterocycles. The topological polar surface area (TPSA) is 20.2 Å². The zero-order valence-corrected chi connectivity index (χ0v) is 8.73. The maximum atomic E-state index is 9.27. The minimum atomic E-state index is -0.0486. The molecule has 0 spiro atoms. The van der Waals surface area contributed by atoms with Crippen LogP contribution in [0.5, 0.6) is 5.75 Å². The van der Waals surface area contributed by atoms with E-state index >= 15 is 0 Å². The molecule has 70 valence electrons. The molecule has 1 nitrogen and oxygen atoms in total. The summed E-state index contributed by atoms with van der Waals surface area (Å²) in [6.07, 6.45) is 4.73. The average Bonchev–Trinajstić information content (AvgIpc) is 2.10. The van der Waals surface area contributed by atoms with Crippen LogP contribution in [0.3, 0.4) is 0 Å². The quantitative estimate of drug-likeness (QED) is 0.746. The summed E-state index contributed by atoms with van der Waals surface area (Å²) in [7, 11) is 0. The van der Waals surface area contributed by atoms with Crippen LogP contribution in [0.1, 0.15) is 12.5 Å². The monoisotopic (exact) mass is 216 g/mol. The molecule has 0 aliphatic heterocycles. The summed E-state index contributed by atoms with van der Waals surface area (Å²) in [6.45, 7) is 1.95. The van der Waals surface area contributed by atoms with Crippen molar-refractivity contribution in [3.8, 4) is 5.75 Å². The van der Waals surface area contributed by atoms with Crippen molar-refractivity contribution >= 4 is 23.2 Å². The Morgan fingerprint density at radius 1 is 1.31 bits per heavy atom. The van der Waals surface area contributed by atoms with E-state index in [1.165, 1.54) is 0 Å². The maximum absolute atomic E-state index is 9.27. The molecule has 0 fully saturated rings. The van der Waals surface area contributed by atoms with Crippen LogP contribution < -0.4 is 0 Å². The largest absolute Gasteiger partial charge is 0.505 e. The van der Waals surface area contributed by atoms with E-state index in [9.17, 15) is 5.11 Å². The average molecular weight is 217 g/mol. The molecule has 0 radical (unpaired) electrons. The van der Waals surface area contributed by atoms with E-state index < -0.39 is 0 Å². The van der Waals surface area contributed by atoms with Gasteiger partial charge in [-0.05, 0) is 31.0 Å². The van der Waals surface area contributed by atoms with Crippen molar-refractivity contribution in [2.45, 2.75) is 13.3 Å². The molecule has 13 heavy (non-hydrogen) atoms. The van der Waals surface area contributed by atoms with Crippen LogP contribution in [0.2, 0.25) is 10.0 Å². The lowest BCUT2D eigenvalue weighted by Crippen LogP contribution is -1.82. The van der Waals surface area contributed by atoms with E-state index in [0.717, 1.165) is 12.0 Å². The van der Waals surface area contributed by atoms with Gasteiger partial charge in [0.25, 0.3) is 0 Å². The Hall–Kier alpha value is -0.660. The van der Waals surface area contributed by atoms with E-state index in [2.05, 4.69) is 0 Å². The highest BCUT2D eigenvalue weighted by Crippen LogP contribution is 2.32. The van der Waals surface area contributed by atoms with Gasteiger partial charge in [0, 0.05) is 0 Å². The standard InChI is InChI=1S/C10H10Cl2O/c1-2-3-4-7-5-8(11)10(13)9(12)6-7/h2-3,5-6,13H,4H2,1H3/b3-2-. The lowest BCUT2D eigenvalue weighted by molar-refractivity contribution is 0.475. The Labute approximate surface area is 87.6 Å². The molecule has 0 unspecified atom stereocenters. The highest BCUT2D eigenvalue weighted by molar-refractivity contribution is 6.37. The van der Waals surface area contributed by atoms with Crippen LogP contribution in [-0.2, 0) is 6.42 Å². The van der Waals surface area contributed by atoms with Gasteiger partial charge in [-0.2, -0.15) is 0 Å². The van der Waals surface area contributed by atoms with E-state index in [0.29, 0.717) is 10.0 Å². The molecule has 0 aromatic heterocycles. The highest BCUT2D eigenvalue weighted by atomic mass is 35.5. The molecular weight excluding hydrogens is 207 g/mol. The lowest BCUT2D eigenvalue weighted by Gasteiger charge is -2.02. The van der Waals surface area contributed by atoms with Crippen LogP contribution in [0.4, 0.5) is 0 Å². The van der Waals surface area contributed by atoms with Gasteiger partial charge in [-0.1, -0.05) is 35.4 Å². The fourth-order valence-corrected chi connectivity index (χ4v) is 1.52. The Kier molecular flexibility index (Phi) is 3.64. The predicted molar refractivity (Wildman–Crippen MR) is 56.6 cm³/mol. The summed E-state index contributed by atoms with van der Waals surface area (Å²) in [5.41, 5.74) is 0.992. The molecular formula is C10H10Cl2O. The van der Waals surface area contributed by atoms with E-state index in [1.54, 1.807) is 12.1 Å². The first-order valence-electron chi connectivity index (χ1n) is 3.93. The molecule has 0 aliphatic carbocycles. The number of rotatable bonds is 2. The van der Waals surface area contributed by atoms with Gasteiger partial charge in [-0.15, -0.1) is 0 Å². The van der Waals surface area contributed by atoms with Crippen LogP contribution in [-0.4, -0.2) is 5.11 Å². The fraction of sp³-hybridized carbons (Fsp3) is 0.200. The minimum Gasteiger partial charge on any atom is -0.505 e. The van der Waals surface area contributed by atoms with Crippen molar-refractivity contribution in [2.75, 3.05) is 0 Å². The van der Waals surface area contributed by atoms with Crippen molar-refractivity contribution in [1.82, 2.24) is 0 Å². The number of phenols is 1. The Bertz CT molecular complexity index is 309. The number of aromatic hydroxyl groups is 1. The summed E-state index contributed by atoms with van der Waals surface area (Å²) < 4.78 is 0. The molecule has 1 aromatic rings. The number of hydrogen-bond acceptors (Lipinski definition) is 1. The number of halogens is 2. The van der Waals surface area contributed by atoms with Crippen LogP contribution in [0.15, 0.2) is 24.3 Å². The van der Waals surface area contributed by atoms with Gasteiger partial charge < -0.3 is 5.11 Å². The van der Waals surface area contributed by atoms with Gasteiger partial charge in [0.15, 0.2) is 5.75 Å². The first-order valence-corrected chi connectivity index (χ1v) is 4.68. The third-order valence-electron chi connectivity index (χ3n) is 1.67. The van der Waals surface area contributed by atoms with Crippen LogP contribution >= 0.6 is 23.2 Å². The maximum Gasteiger partial charge on any atom is 0.152 e. The predicted octanol–water partition coefficient (Wildman–Crippen LogP) is 3.82. The first kappa shape index (κ1) is 10.4. The molecule has 0 saturated heterocycles. The van der Waals surface area contributed by atoms with Crippen molar-refractivity contribution in [1.29, 1.82) is 0 Å². The minimum absolute atomic E-state index is 0.0486. The summed E-state index contributed by atoms with van der Waals surface area (Å²) >= 11 is 11.5. The van der Waals surface area contributed by atoms with Crippen molar-refractivity contribution < 1.29 is 5.11 Å². The second kappa shape index (κ2) is 4.54. The van der Waals surface area contributed by atoms with Gasteiger partial charge in [0.2, 0.25) is 0 Å². The third-order valence-corrected chi connectivity index (χ3v) is 2.24. The SMILES string of the molecule is C/C=C\Cc1cc(Cl)c(O)c(Cl)c1. The Balaban J connectivity index is 2.99. The smallest absolute Gasteiger partial charge is 0.152 e. The van der Waals surface area contributed by atoms with E-state index in [4.69, 9.17) is 23.2 Å². The number of phenolic OH excluding ortho intramolecular Hbond substituents is 1. The summed E-state index contributed by atoms with van der Waals surface area (Å²) in [6, 6.07) is 3.42. The molecule has 0 aliphatic rings. The molecule has 1 rings (SSSR count). The van der Waals surface area contributed by atoms with Crippen molar-refractivity contribution in [2.24, 2.45) is 0 Å². The van der Waals surface area contributed by atoms with Gasteiger partial charge >= 0.3 is 0 Å². The molecule has 0 saturated carbocycles. The van der Waals surface area contributed by atoms with Gasteiger partial charge in [-0.3, -0.25) is 0 Å². The second-order valence-electron chi connectivity index (χ2n) is 2.68. The van der Waals surface area contributed by atoms with Gasteiger partial charge in [-0.25, -0.2) is 0 Å². The molecule has 3 heteroatoms. The number of allylic oxidation sites excluding steroid dienone is 2. The fourth-order valence-electron chi connectivity index (χ4n) is 0.990. The Morgan fingerprint density at radius 2 is 1.85 bits per heavy atom. The summed E-state index contributed by atoms with van der Waals surface area (Å²) in [5.74, 6) is -0.0486. The van der Waals surface area contributed by atoms with E-state index in [1.807, 2.05) is 19.1 Å². The first-order chi connectivity index (χ1) is 6.15. The highest BCUT2D eigenvalue weighted by Gasteiger charge is 2.05. The van der Waals surface area contributed by atoms with Crippen LogP contribution in [0, 0.1) is 0 Å². The van der Waals surface area contributed by atoms with Gasteiger partial charge in [0.05, 0.1) is 10.0 Å². The number of benzene rings is 1. The normalized spacial score (nSPS) is 11.0. The molecule has 0 amide bonds. The third kappa shape index (κ3) is 2.64. The lowest BCUT2D eigenvalue weighted by atomic mass is 10.1. The zero-order chi connectivity index (χ0) is 9.84. The van der Waals surface area contributed by atoms with Crippen LogP contribution in [0.25, 0.3) is 0 Å². The second-order valence-corrected chi connectivity index (χ2v) is 3.50. The molecule has 0 bridgehead atoms. The summed E-state index contributed by atoms with van der Waals surface area (Å²) in [5, 5.41) is 9.87. The van der Waals surface area contributed by atoms with Crippen molar-refractivity contribution in [3.63, 3.8) is 0 Å². The molecule has 0 atom stereocenters. The summed E-state index contributed by atoms with van der Waals surface area (Å²) in [4.78, 5) is 0. The van der Waals surface area contributed by atoms with E-state index in [-0.39, 0.29) is 5.75 Å². The van der Waals surface area contributed by atoms with Crippen molar-refractivity contribution in [3.05, 3.63) is 39.9 Å². The Morgan fingerprint density at radius 3 is 2.31 bits per heavy atom. The van der Waals surface area contributed by atoms with Gasteiger partial charge in [0.1, 0.15) is 0 Å².